The van der Waals surface area contributed by atoms with Gasteiger partial charge in [0.25, 0.3) is 5.56 Å². The number of anilines is 2. The average Bonchev–Trinajstić information content (AvgIpc) is 3.29. The lowest BCUT2D eigenvalue weighted by atomic mass is 10.2. The number of benzene rings is 2. The van der Waals surface area contributed by atoms with Crippen LogP contribution in [0.3, 0.4) is 0 Å². The zero-order valence-corrected chi connectivity index (χ0v) is 22.2. The fraction of sp³-hybridized carbons (Fsp3) is 0.280. The number of imidazole rings is 1. The highest BCUT2D eigenvalue weighted by Crippen LogP contribution is 2.24. The number of fused-ring (bicyclic) bond motifs is 1. The third-order valence-corrected chi connectivity index (χ3v) is 7.25. The maximum absolute atomic E-state index is 13.5. The van der Waals surface area contributed by atoms with Crippen molar-refractivity contribution in [3.8, 4) is 0 Å². The average molecular weight is 560 g/mol. The maximum atomic E-state index is 13.5. The topological polar surface area (TPSA) is 80.3 Å². The van der Waals surface area contributed by atoms with E-state index in [1.807, 2.05) is 9.80 Å². The molecule has 1 saturated heterocycles. The molecule has 1 N–H and O–H groups in total. The van der Waals surface area contributed by atoms with Crippen LogP contribution in [0.25, 0.3) is 11.2 Å². The number of hydrogen-bond donors (Lipinski definition) is 1. The lowest BCUT2D eigenvalue weighted by Gasteiger charge is -2.36. The largest absolute Gasteiger partial charge is 0.345 e. The third-order valence-electron chi connectivity index (χ3n) is 6.60. The Bertz CT molecular complexity index is 1660. The van der Waals surface area contributed by atoms with Crippen molar-refractivity contribution < 1.29 is 8.78 Å². The summed E-state index contributed by atoms with van der Waals surface area (Å²) < 4.78 is 31.2. The molecular formula is C25H24ClF2N7O2S. The highest BCUT2D eigenvalue weighted by atomic mass is 35.5. The fourth-order valence-electron chi connectivity index (χ4n) is 4.48. The zero-order chi connectivity index (χ0) is 27.1. The molecule has 198 valence electrons. The molecular weight excluding hydrogens is 536 g/mol. The van der Waals surface area contributed by atoms with Gasteiger partial charge in [-0.3, -0.25) is 18.5 Å². The van der Waals surface area contributed by atoms with Gasteiger partial charge < -0.3 is 15.1 Å². The molecule has 0 spiro atoms. The van der Waals surface area contributed by atoms with Crippen LogP contribution in [0.1, 0.15) is 5.56 Å². The highest BCUT2D eigenvalue weighted by Gasteiger charge is 2.26. The van der Waals surface area contributed by atoms with Gasteiger partial charge in [0.2, 0.25) is 5.95 Å². The first-order chi connectivity index (χ1) is 18.1. The van der Waals surface area contributed by atoms with Gasteiger partial charge in [-0.1, -0.05) is 23.7 Å². The van der Waals surface area contributed by atoms with Crippen LogP contribution >= 0.6 is 23.8 Å². The van der Waals surface area contributed by atoms with E-state index in [-0.39, 0.29) is 23.0 Å². The molecule has 0 atom stereocenters. The molecule has 3 heterocycles. The van der Waals surface area contributed by atoms with E-state index < -0.39 is 17.1 Å². The Morgan fingerprint density at radius 2 is 1.71 bits per heavy atom. The number of piperazine rings is 1. The van der Waals surface area contributed by atoms with Crippen molar-refractivity contribution in [3.63, 3.8) is 0 Å². The fourth-order valence-corrected chi connectivity index (χ4v) is 4.97. The molecule has 5 rings (SSSR count). The first-order valence-corrected chi connectivity index (χ1v) is 12.6. The van der Waals surface area contributed by atoms with E-state index in [2.05, 4.69) is 5.32 Å². The SMILES string of the molecule is Cn1c(=O)c2c(nc(N3CCN(C(=S)Nc4ccc(F)c(Cl)c4)CC3)n2Cc2ccc(F)cc2)n(C)c1=O. The smallest absolute Gasteiger partial charge is 0.332 e. The van der Waals surface area contributed by atoms with Gasteiger partial charge >= 0.3 is 5.69 Å². The van der Waals surface area contributed by atoms with Gasteiger partial charge in [-0.2, -0.15) is 4.98 Å². The summed E-state index contributed by atoms with van der Waals surface area (Å²) in [6.07, 6.45) is 0. The van der Waals surface area contributed by atoms with Crippen LogP contribution in [0.2, 0.25) is 5.02 Å². The number of nitrogens with zero attached hydrogens (tertiary/aromatic N) is 6. The number of aryl methyl sites for hydroxylation is 1. The van der Waals surface area contributed by atoms with Crippen LogP contribution in [0.4, 0.5) is 20.4 Å². The van der Waals surface area contributed by atoms with Crippen LogP contribution in [0.15, 0.2) is 52.1 Å². The Morgan fingerprint density at radius 1 is 1.03 bits per heavy atom. The molecule has 9 nitrogen and oxygen atoms in total. The Labute approximate surface area is 226 Å². The second kappa shape index (κ2) is 10.2. The van der Waals surface area contributed by atoms with Gasteiger partial charge in [0.15, 0.2) is 16.3 Å². The lowest BCUT2D eigenvalue weighted by Crippen LogP contribution is -2.50. The predicted molar refractivity (Wildman–Crippen MR) is 147 cm³/mol. The summed E-state index contributed by atoms with van der Waals surface area (Å²) in [6, 6.07) is 10.3. The van der Waals surface area contributed by atoms with E-state index in [0.717, 1.165) is 10.1 Å². The molecule has 1 aliphatic rings. The van der Waals surface area contributed by atoms with E-state index >= 15 is 0 Å². The first kappa shape index (κ1) is 25.9. The molecule has 0 saturated carbocycles. The number of hydrogen-bond acceptors (Lipinski definition) is 5. The monoisotopic (exact) mass is 559 g/mol. The van der Waals surface area contributed by atoms with E-state index in [1.165, 1.54) is 35.9 Å². The summed E-state index contributed by atoms with van der Waals surface area (Å²) >= 11 is 11.4. The number of aromatic nitrogens is 4. The van der Waals surface area contributed by atoms with Crippen molar-refractivity contribution in [2.24, 2.45) is 14.1 Å². The second-order valence-corrected chi connectivity index (χ2v) is 9.83. The van der Waals surface area contributed by atoms with Gasteiger partial charge in [-0.15, -0.1) is 0 Å². The van der Waals surface area contributed by atoms with Crippen molar-refractivity contribution in [2.45, 2.75) is 6.54 Å². The first-order valence-electron chi connectivity index (χ1n) is 11.8. The summed E-state index contributed by atoms with van der Waals surface area (Å²) in [7, 11) is 3.01. The number of halogens is 3. The standard InChI is InChI=1S/C25H24ClF2N7O2S/c1-31-21-20(22(36)32(2)25(31)37)35(14-15-3-5-16(27)6-4-15)23(30-21)33-9-11-34(12-10-33)24(38)29-17-7-8-19(28)18(26)13-17/h3-8,13H,9-12,14H2,1-2H3,(H,29,38). The van der Waals surface area contributed by atoms with Crippen molar-refractivity contribution in [1.29, 1.82) is 0 Å². The van der Waals surface area contributed by atoms with Crippen LogP contribution in [-0.2, 0) is 20.6 Å². The Balaban J connectivity index is 1.43. The molecule has 0 amide bonds. The van der Waals surface area contributed by atoms with Gasteiger partial charge in [-0.05, 0) is 48.1 Å². The van der Waals surface area contributed by atoms with Gasteiger partial charge in [0, 0.05) is 46.0 Å². The molecule has 2 aromatic heterocycles. The molecule has 1 aliphatic heterocycles. The Kier molecular flexibility index (Phi) is 6.93. The van der Waals surface area contributed by atoms with Crippen molar-refractivity contribution in [1.82, 2.24) is 23.6 Å². The quantitative estimate of drug-likeness (QED) is 0.385. The summed E-state index contributed by atoms with van der Waals surface area (Å²) in [5.74, 6) is -0.328. The summed E-state index contributed by atoms with van der Waals surface area (Å²) in [5, 5.41) is 3.56. The van der Waals surface area contributed by atoms with Gasteiger partial charge in [0.05, 0.1) is 11.6 Å². The Morgan fingerprint density at radius 3 is 2.37 bits per heavy atom. The van der Waals surface area contributed by atoms with E-state index in [0.29, 0.717) is 48.4 Å². The van der Waals surface area contributed by atoms with Crippen molar-refractivity contribution in [3.05, 3.63) is 85.5 Å². The van der Waals surface area contributed by atoms with E-state index in [9.17, 15) is 18.4 Å². The minimum Gasteiger partial charge on any atom is -0.345 e. The number of rotatable bonds is 4. The summed E-state index contributed by atoms with van der Waals surface area (Å²) in [4.78, 5) is 34.5. The van der Waals surface area contributed by atoms with Crippen LogP contribution in [0, 0.1) is 11.6 Å². The molecule has 1 fully saturated rings. The third kappa shape index (κ3) is 4.76. The zero-order valence-electron chi connectivity index (χ0n) is 20.6. The number of thiocarbonyl (C=S) groups is 1. The molecule has 0 unspecified atom stereocenters. The van der Waals surface area contributed by atoms with Gasteiger partial charge in [0.1, 0.15) is 11.6 Å². The molecule has 4 aromatic rings. The van der Waals surface area contributed by atoms with Gasteiger partial charge in [-0.25, -0.2) is 13.6 Å². The normalized spacial score (nSPS) is 13.8. The van der Waals surface area contributed by atoms with Crippen LogP contribution in [0.5, 0.6) is 0 Å². The maximum Gasteiger partial charge on any atom is 0.332 e. The predicted octanol–water partition coefficient (Wildman–Crippen LogP) is 2.93. The Hall–Kier alpha value is -3.77. The summed E-state index contributed by atoms with van der Waals surface area (Å²) in [5.41, 5.74) is 1.02. The van der Waals surface area contributed by atoms with E-state index in [4.69, 9.17) is 28.8 Å². The lowest BCUT2D eigenvalue weighted by molar-refractivity contribution is 0.386. The molecule has 13 heteroatoms. The molecule has 0 bridgehead atoms. The van der Waals surface area contributed by atoms with Crippen LogP contribution < -0.4 is 21.5 Å². The van der Waals surface area contributed by atoms with Crippen LogP contribution in [-0.4, -0.2) is 54.9 Å². The van der Waals surface area contributed by atoms with E-state index in [1.54, 1.807) is 29.8 Å². The minimum atomic E-state index is -0.507. The summed E-state index contributed by atoms with van der Waals surface area (Å²) in [6.45, 7) is 2.44. The highest BCUT2D eigenvalue weighted by molar-refractivity contribution is 7.80. The molecule has 38 heavy (non-hydrogen) atoms. The molecule has 0 aliphatic carbocycles. The minimum absolute atomic E-state index is 0.00298. The van der Waals surface area contributed by atoms with Crippen molar-refractivity contribution >= 4 is 51.7 Å². The van der Waals surface area contributed by atoms with Crippen molar-refractivity contribution in [2.75, 3.05) is 36.4 Å². The molecule has 2 aromatic carbocycles. The second-order valence-electron chi connectivity index (χ2n) is 9.04. The number of nitrogens with one attached hydrogen (secondary N) is 1. The molecule has 0 radical (unpaired) electrons.